The minimum atomic E-state index is 0.932. The summed E-state index contributed by atoms with van der Waals surface area (Å²) in [5, 5.41) is 3.20. The van der Waals surface area contributed by atoms with Crippen LogP contribution in [0, 0.1) is 0 Å². The third-order valence-corrected chi connectivity index (χ3v) is 3.45. The maximum atomic E-state index is 3.20. The molecular formula is C18H24N2. The van der Waals surface area contributed by atoms with E-state index in [4.69, 9.17) is 0 Å². The number of likely N-dealkylation sites (N-methyl/N-ethyl adjacent to an activating group) is 1. The lowest BCUT2D eigenvalue weighted by Gasteiger charge is -2.17. The van der Waals surface area contributed by atoms with E-state index in [0.29, 0.717) is 0 Å². The van der Waals surface area contributed by atoms with Crippen molar-refractivity contribution in [3.63, 3.8) is 0 Å². The van der Waals surface area contributed by atoms with Crippen LogP contribution in [0.2, 0.25) is 0 Å². The monoisotopic (exact) mass is 268 g/mol. The number of benzene rings is 2. The van der Waals surface area contributed by atoms with Crippen LogP contribution in [0.1, 0.15) is 16.7 Å². The lowest BCUT2D eigenvalue weighted by molar-refractivity contribution is 0.331. The average molecular weight is 268 g/mol. The molecule has 2 nitrogen and oxygen atoms in total. The van der Waals surface area contributed by atoms with E-state index in [0.717, 1.165) is 26.1 Å². The Morgan fingerprint density at radius 1 is 0.900 bits per heavy atom. The largest absolute Gasteiger partial charge is 0.316 e. The molecule has 0 aliphatic rings. The summed E-state index contributed by atoms with van der Waals surface area (Å²) in [6.07, 6.45) is 1.10. The number of hydrogen-bond acceptors (Lipinski definition) is 2. The zero-order chi connectivity index (χ0) is 14.2. The standard InChI is InChI=1S/C18H24N2/c1-19-14-17-9-6-10-18(13-17)15-20(2)12-11-16-7-4-3-5-8-16/h3-10,13,19H,11-12,14-15H2,1-2H3. The van der Waals surface area contributed by atoms with Crippen molar-refractivity contribution in [3.8, 4) is 0 Å². The zero-order valence-corrected chi connectivity index (χ0v) is 12.5. The molecule has 0 amide bonds. The van der Waals surface area contributed by atoms with Gasteiger partial charge in [-0.2, -0.15) is 0 Å². The van der Waals surface area contributed by atoms with Crippen LogP contribution in [0.15, 0.2) is 54.6 Å². The van der Waals surface area contributed by atoms with E-state index in [-0.39, 0.29) is 0 Å². The van der Waals surface area contributed by atoms with Gasteiger partial charge in [0.1, 0.15) is 0 Å². The highest BCUT2D eigenvalue weighted by Gasteiger charge is 2.02. The topological polar surface area (TPSA) is 15.3 Å². The van der Waals surface area contributed by atoms with Gasteiger partial charge in [0.05, 0.1) is 0 Å². The summed E-state index contributed by atoms with van der Waals surface area (Å²) >= 11 is 0. The normalized spacial score (nSPS) is 10.9. The molecule has 0 atom stereocenters. The van der Waals surface area contributed by atoms with Crippen LogP contribution in [-0.2, 0) is 19.5 Å². The summed E-state index contributed by atoms with van der Waals surface area (Å²) in [5.41, 5.74) is 4.14. The van der Waals surface area contributed by atoms with Crippen LogP contribution < -0.4 is 5.32 Å². The Bertz CT molecular complexity index is 508. The second-order valence-electron chi connectivity index (χ2n) is 5.32. The molecule has 0 radical (unpaired) electrons. The maximum absolute atomic E-state index is 3.20. The second-order valence-corrected chi connectivity index (χ2v) is 5.32. The summed E-state index contributed by atoms with van der Waals surface area (Å²) in [6, 6.07) is 19.5. The Balaban J connectivity index is 1.84. The van der Waals surface area contributed by atoms with Gasteiger partial charge in [-0.3, -0.25) is 0 Å². The first kappa shape index (κ1) is 14.8. The molecule has 0 unspecified atom stereocenters. The lowest BCUT2D eigenvalue weighted by atomic mass is 10.1. The van der Waals surface area contributed by atoms with Gasteiger partial charge in [-0.15, -0.1) is 0 Å². The molecule has 0 bridgehead atoms. The van der Waals surface area contributed by atoms with Crippen molar-refractivity contribution in [3.05, 3.63) is 71.3 Å². The number of hydrogen-bond donors (Lipinski definition) is 1. The molecule has 0 fully saturated rings. The molecule has 2 aromatic rings. The Kier molecular flexibility index (Phi) is 5.78. The zero-order valence-electron chi connectivity index (χ0n) is 12.5. The van der Waals surface area contributed by atoms with E-state index in [1.165, 1.54) is 16.7 Å². The van der Waals surface area contributed by atoms with Crippen molar-refractivity contribution >= 4 is 0 Å². The highest BCUT2D eigenvalue weighted by Crippen LogP contribution is 2.08. The lowest BCUT2D eigenvalue weighted by Crippen LogP contribution is -2.20. The Hall–Kier alpha value is -1.64. The summed E-state index contributed by atoms with van der Waals surface area (Å²) in [7, 11) is 4.17. The molecular weight excluding hydrogens is 244 g/mol. The molecule has 0 aliphatic heterocycles. The first-order chi connectivity index (χ1) is 9.78. The molecule has 0 heterocycles. The summed E-state index contributed by atoms with van der Waals surface area (Å²) in [6.45, 7) is 3.02. The Morgan fingerprint density at radius 2 is 1.60 bits per heavy atom. The van der Waals surface area contributed by atoms with Gasteiger partial charge < -0.3 is 10.2 Å². The third kappa shape index (κ3) is 4.80. The van der Waals surface area contributed by atoms with E-state index >= 15 is 0 Å². The average Bonchev–Trinajstić information content (AvgIpc) is 2.47. The van der Waals surface area contributed by atoms with Gasteiger partial charge in [0.2, 0.25) is 0 Å². The first-order valence-corrected chi connectivity index (χ1v) is 7.23. The van der Waals surface area contributed by atoms with Crippen molar-refractivity contribution in [2.75, 3.05) is 20.6 Å². The SMILES string of the molecule is CNCc1cccc(CN(C)CCc2ccccc2)c1. The number of nitrogens with zero attached hydrogens (tertiary/aromatic N) is 1. The molecule has 2 aromatic carbocycles. The second kappa shape index (κ2) is 7.83. The van der Waals surface area contributed by atoms with Gasteiger partial charge in [-0.1, -0.05) is 54.6 Å². The molecule has 20 heavy (non-hydrogen) atoms. The van der Waals surface area contributed by atoms with E-state index in [1.54, 1.807) is 0 Å². The fourth-order valence-electron chi connectivity index (χ4n) is 2.40. The Morgan fingerprint density at radius 3 is 2.35 bits per heavy atom. The maximum Gasteiger partial charge on any atom is 0.0230 e. The molecule has 0 saturated heterocycles. The number of nitrogens with one attached hydrogen (secondary N) is 1. The minimum Gasteiger partial charge on any atom is -0.316 e. The molecule has 1 N–H and O–H groups in total. The van der Waals surface area contributed by atoms with Crippen LogP contribution in [-0.4, -0.2) is 25.5 Å². The quantitative estimate of drug-likeness (QED) is 0.830. The van der Waals surface area contributed by atoms with Crippen LogP contribution in [0.5, 0.6) is 0 Å². The fraction of sp³-hybridized carbons (Fsp3) is 0.333. The third-order valence-electron chi connectivity index (χ3n) is 3.45. The van der Waals surface area contributed by atoms with Crippen molar-refractivity contribution in [2.24, 2.45) is 0 Å². The van der Waals surface area contributed by atoms with E-state index in [2.05, 4.69) is 71.9 Å². The molecule has 2 rings (SSSR count). The van der Waals surface area contributed by atoms with Crippen LogP contribution in [0.3, 0.4) is 0 Å². The molecule has 0 saturated carbocycles. The van der Waals surface area contributed by atoms with Gasteiger partial charge in [-0.05, 0) is 37.2 Å². The molecule has 0 spiro atoms. The van der Waals surface area contributed by atoms with Crippen molar-refractivity contribution in [1.82, 2.24) is 10.2 Å². The predicted octanol–water partition coefficient (Wildman–Crippen LogP) is 3.08. The van der Waals surface area contributed by atoms with Crippen LogP contribution in [0.25, 0.3) is 0 Å². The summed E-state index contributed by atoms with van der Waals surface area (Å²) < 4.78 is 0. The van der Waals surface area contributed by atoms with Crippen molar-refractivity contribution in [2.45, 2.75) is 19.5 Å². The molecule has 0 aliphatic carbocycles. The number of rotatable bonds is 7. The highest BCUT2D eigenvalue weighted by atomic mass is 15.1. The van der Waals surface area contributed by atoms with Gasteiger partial charge in [-0.25, -0.2) is 0 Å². The van der Waals surface area contributed by atoms with Gasteiger partial charge in [0.25, 0.3) is 0 Å². The van der Waals surface area contributed by atoms with Crippen molar-refractivity contribution < 1.29 is 0 Å². The Labute approximate surface area is 122 Å². The first-order valence-electron chi connectivity index (χ1n) is 7.23. The van der Waals surface area contributed by atoms with Crippen LogP contribution in [0.4, 0.5) is 0 Å². The van der Waals surface area contributed by atoms with Gasteiger partial charge in [0, 0.05) is 19.6 Å². The summed E-state index contributed by atoms with van der Waals surface area (Å²) in [4.78, 5) is 2.38. The van der Waals surface area contributed by atoms with Crippen molar-refractivity contribution in [1.29, 1.82) is 0 Å². The highest BCUT2D eigenvalue weighted by molar-refractivity contribution is 5.23. The van der Waals surface area contributed by atoms with Crippen LogP contribution >= 0.6 is 0 Å². The van der Waals surface area contributed by atoms with E-state index in [1.807, 2.05) is 7.05 Å². The minimum absolute atomic E-state index is 0.932. The molecule has 2 heteroatoms. The van der Waals surface area contributed by atoms with E-state index in [9.17, 15) is 0 Å². The fourth-order valence-corrected chi connectivity index (χ4v) is 2.40. The smallest absolute Gasteiger partial charge is 0.0230 e. The van der Waals surface area contributed by atoms with Gasteiger partial charge >= 0.3 is 0 Å². The predicted molar refractivity (Wildman–Crippen MR) is 85.7 cm³/mol. The molecule has 0 aromatic heterocycles. The van der Waals surface area contributed by atoms with Gasteiger partial charge in [0.15, 0.2) is 0 Å². The summed E-state index contributed by atoms with van der Waals surface area (Å²) in [5.74, 6) is 0. The molecule has 106 valence electrons. The van der Waals surface area contributed by atoms with E-state index < -0.39 is 0 Å².